The van der Waals surface area contributed by atoms with Crippen LogP contribution in [0.4, 0.5) is 0 Å². The third kappa shape index (κ3) is 4.80. The number of piperidine rings is 1. The van der Waals surface area contributed by atoms with Gasteiger partial charge in [-0.2, -0.15) is 0 Å². The average Bonchev–Trinajstić information content (AvgIpc) is 2.31. The van der Waals surface area contributed by atoms with Crippen molar-refractivity contribution in [2.24, 2.45) is 5.92 Å². The van der Waals surface area contributed by atoms with Crippen LogP contribution in [0.2, 0.25) is 0 Å². The van der Waals surface area contributed by atoms with Gasteiger partial charge in [0, 0.05) is 18.9 Å². The quantitative estimate of drug-likeness (QED) is 0.928. The third-order valence-electron chi connectivity index (χ3n) is 3.09. The van der Waals surface area contributed by atoms with Crippen molar-refractivity contribution in [3.8, 4) is 0 Å². The molecule has 2 heterocycles. The summed E-state index contributed by atoms with van der Waals surface area (Å²) in [6.45, 7) is 2.65. The van der Waals surface area contributed by atoms with E-state index in [-0.39, 0.29) is 30.7 Å². The minimum atomic E-state index is -0.649. The number of aromatic nitrogens is 1. The molecule has 0 spiro atoms. The topological polar surface area (TPSA) is 53.4 Å². The summed E-state index contributed by atoms with van der Waals surface area (Å²) in [6, 6.07) is 4.01. The summed E-state index contributed by atoms with van der Waals surface area (Å²) in [5.41, 5.74) is 1.24. The van der Waals surface area contributed by atoms with E-state index in [2.05, 4.69) is 9.88 Å². The summed E-state index contributed by atoms with van der Waals surface area (Å²) in [5, 5.41) is 8.89. The fourth-order valence-electron chi connectivity index (χ4n) is 2.08. The van der Waals surface area contributed by atoms with Gasteiger partial charge in [-0.05, 0) is 43.6 Å². The molecule has 1 fully saturated rings. The van der Waals surface area contributed by atoms with Gasteiger partial charge in [0.15, 0.2) is 0 Å². The largest absolute Gasteiger partial charge is 0.481 e. The molecule has 0 aromatic carbocycles. The molecule has 1 aliphatic heterocycles. The molecule has 1 aromatic rings. The number of likely N-dealkylation sites (tertiary alicyclic amines) is 1. The summed E-state index contributed by atoms with van der Waals surface area (Å²) in [7, 11) is 0. The highest BCUT2D eigenvalue weighted by Crippen LogP contribution is 2.18. The van der Waals surface area contributed by atoms with Gasteiger partial charge in [0.1, 0.15) is 0 Å². The first kappa shape index (κ1) is 17.2. The van der Waals surface area contributed by atoms with Crippen molar-refractivity contribution in [2.45, 2.75) is 19.4 Å². The van der Waals surface area contributed by atoms with E-state index in [9.17, 15) is 4.79 Å². The van der Waals surface area contributed by atoms with Gasteiger partial charge in [-0.25, -0.2) is 0 Å². The number of carboxylic acid groups (broad SMARTS) is 1. The van der Waals surface area contributed by atoms with Crippen molar-refractivity contribution >= 4 is 30.8 Å². The van der Waals surface area contributed by atoms with Crippen LogP contribution in [-0.2, 0) is 11.3 Å². The van der Waals surface area contributed by atoms with Crippen LogP contribution in [0.25, 0.3) is 0 Å². The van der Waals surface area contributed by atoms with E-state index in [1.54, 1.807) is 12.4 Å². The number of carboxylic acids is 1. The Morgan fingerprint density at radius 2 is 1.83 bits per heavy atom. The molecular formula is C12H18Cl2N2O2. The summed E-state index contributed by atoms with van der Waals surface area (Å²) < 4.78 is 0. The maximum absolute atomic E-state index is 10.8. The van der Waals surface area contributed by atoms with Crippen LogP contribution in [0.1, 0.15) is 18.4 Å². The van der Waals surface area contributed by atoms with Crippen LogP contribution < -0.4 is 0 Å². The van der Waals surface area contributed by atoms with Crippen LogP contribution in [0.3, 0.4) is 0 Å². The van der Waals surface area contributed by atoms with Crippen LogP contribution in [0.5, 0.6) is 0 Å². The van der Waals surface area contributed by atoms with E-state index in [4.69, 9.17) is 5.11 Å². The van der Waals surface area contributed by atoms with Gasteiger partial charge < -0.3 is 5.11 Å². The number of carbonyl (C=O) groups is 1. The van der Waals surface area contributed by atoms with Crippen molar-refractivity contribution < 1.29 is 9.90 Å². The standard InChI is InChI=1S/C12H16N2O2.2ClH/c15-12(16)11-3-7-14(8-4-11)9-10-1-5-13-6-2-10;;/h1-2,5-6,11H,3-4,7-9H2,(H,15,16);2*1H. The van der Waals surface area contributed by atoms with Crippen molar-refractivity contribution in [1.82, 2.24) is 9.88 Å². The molecule has 0 saturated carbocycles. The molecule has 0 bridgehead atoms. The monoisotopic (exact) mass is 292 g/mol. The summed E-state index contributed by atoms with van der Waals surface area (Å²) in [6.07, 6.45) is 5.11. The van der Waals surface area contributed by atoms with E-state index in [0.29, 0.717) is 0 Å². The van der Waals surface area contributed by atoms with Gasteiger partial charge in [-0.3, -0.25) is 14.7 Å². The Kier molecular flexibility index (Phi) is 7.91. The van der Waals surface area contributed by atoms with Gasteiger partial charge in [0.25, 0.3) is 0 Å². The molecule has 6 heteroatoms. The number of aliphatic carboxylic acids is 1. The number of nitrogens with zero attached hydrogens (tertiary/aromatic N) is 2. The number of halogens is 2. The normalized spacial score (nSPS) is 16.4. The zero-order valence-corrected chi connectivity index (χ0v) is 11.6. The van der Waals surface area contributed by atoms with E-state index in [1.165, 1.54) is 5.56 Å². The summed E-state index contributed by atoms with van der Waals surface area (Å²) in [4.78, 5) is 17.1. The lowest BCUT2D eigenvalue weighted by Gasteiger charge is -2.29. The highest BCUT2D eigenvalue weighted by atomic mass is 35.5. The van der Waals surface area contributed by atoms with Crippen molar-refractivity contribution in [1.29, 1.82) is 0 Å². The molecule has 0 radical (unpaired) electrons. The zero-order valence-electron chi connectivity index (χ0n) is 9.99. The molecular weight excluding hydrogens is 275 g/mol. The predicted molar refractivity (Wildman–Crippen MR) is 74.4 cm³/mol. The Labute approximate surface area is 119 Å². The van der Waals surface area contributed by atoms with Gasteiger partial charge in [0.2, 0.25) is 0 Å². The first-order valence-electron chi connectivity index (χ1n) is 5.60. The maximum atomic E-state index is 10.8. The molecule has 2 rings (SSSR count). The Morgan fingerprint density at radius 1 is 1.28 bits per heavy atom. The number of rotatable bonds is 3. The van der Waals surface area contributed by atoms with Crippen LogP contribution in [0, 0.1) is 5.92 Å². The van der Waals surface area contributed by atoms with Gasteiger partial charge in [0.05, 0.1) is 5.92 Å². The molecule has 1 saturated heterocycles. The second-order valence-corrected chi connectivity index (χ2v) is 4.24. The SMILES string of the molecule is Cl.Cl.O=C(O)C1CCN(Cc2ccncc2)CC1. The van der Waals surface area contributed by atoms with Gasteiger partial charge >= 0.3 is 5.97 Å². The molecule has 102 valence electrons. The fourth-order valence-corrected chi connectivity index (χ4v) is 2.08. The Bertz CT molecular complexity index is 354. The van der Waals surface area contributed by atoms with Crippen molar-refractivity contribution in [3.05, 3.63) is 30.1 Å². The molecule has 1 aromatic heterocycles. The number of hydrogen-bond acceptors (Lipinski definition) is 3. The van der Waals surface area contributed by atoms with Crippen molar-refractivity contribution in [2.75, 3.05) is 13.1 Å². The fraction of sp³-hybridized carbons (Fsp3) is 0.500. The summed E-state index contributed by atoms with van der Waals surface area (Å²) in [5.74, 6) is -0.794. The molecule has 1 N–H and O–H groups in total. The number of pyridine rings is 1. The lowest BCUT2D eigenvalue weighted by molar-refractivity contribution is -0.143. The van der Waals surface area contributed by atoms with Gasteiger partial charge in [-0.1, -0.05) is 0 Å². The second kappa shape index (κ2) is 8.29. The van der Waals surface area contributed by atoms with Crippen molar-refractivity contribution in [3.63, 3.8) is 0 Å². The molecule has 0 amide bonds. The summed E-state index contributed by atoms with van der Waals surface area (Å²) >= 11 is 0. The highest BCUT2D eigenvalue weighted by molar-refractivity contribution is 5.85. The minimum Gasteiger partial charge on any atom is -0.481 e. The first-order chi connectivity index (χ1) is 7.75. The smallest absolute Gasteiger partial charge is 0.306 e. The maximum Gasteiger partial charge on any atom is 0.306 e. The first-order valence-corrected chi connectivity index (χ1v) is 5.60. The van der Waals surface area contributed by atoms with E-state index in [0.717, 1.165) is 32.5 Å². The van der Waals surface area contributed by atoms with E-state index < -0.39 is 5.97 Å². The van der Waals surface area contributed by atoms with E-state index >= 15 is 0 Å². The van der Waals surface area contributed by atoms with E-state index in [1.807, 2.05) is 12.1 Å². The Balaban J connectivity index is 0.00000144. The molecule has 0 atom stereocenters. The minimum absolute atomic E-state index is 0. The lowest BCUT2D eigenvalue weighted by Crippen LogP contribution is -2.35. The highest BCUT2D eigenvalue weighted by Gasteiger charge is 2.24. The molecule has 0 unspecified atom stereocenters. The van der Waals surface area contributed by atoms with Gasteiger partial charge in [-0.15, -0.1) is 24.8 Å². The second-order valence-electron chi connectivity index (χ2n) is 4.24. The molecule has 0 aliphatic carbocycles. The predicted octanol–water partition coefficient (Wildman–Crippen LogP) is 2.22. The zero-order chi connectivity index (χ0) is 11.4. The Morgan fingerprint density at radius 3 is 2.33 bits per heavy atom. The van der Waals surface area contributed by atoms with Crippen LogP contribution in [-0.4, -0.2) is 34.0 Å². The number of hydrogen-bond donors (Lipinski definition) is 1. The Hall–Kier alpha value is -0.840. The van der Waals surface area contributed by atoms with Crippen LogP contribution in [0.15, 0.2) is 24.5 Å². The lowest BCUT2D eigenvalue weighted by atomic mass is 9.97. The van der Waals surface area contributed by atoms with Crippen LogP contribution >= 0.6 is 24.8 Å². The third-order valence-corrected chi connectivity index (χ3v) is 3.09. The average molecular weight is 293 g/mol. The molecule has 18 heavy (non-hydrogen) atoms. The molecule has 4 nitrogen and oxygen atoms in total. The molecule has 1 aliphatic rings.